The number of cyclic esters (lactones) is 1. The van der Waals surface area contributed by atoms with Crippen molar-refractivity contribution in [2.24, 2.45) is 5.92 Å². The number of hydrogen-bond acceptors (Lipinski definition) is 4. The van der Waals surface area contributed by atoms with Crippen LogP contribution in [-0.2, 0) is 14.3 Å². The van der Waals surface area contributed by atoms with Crippen LogP contribution in [0.1, 0.15) is 6.92 Å². The lowest BCUT2D eigenvalue weighted by molar-refractivity contribution is -0.135. The van der Waals surface area contributed by atoms with Gasteiger partial charge in [0.05, 0.1) is 0 Å². The molecule has 0 aliphatic carbocycles. The predicted octanol–water partition coefficient (Wildman–Crippen LogP) is -0.556. The molecule has 2 rings (SSSR count). The summed E-state index contributed by atoms with van der Waals surface area (Å²) in [6.07, 6.45) is -0.568. The topological polar surface area (TPSA) is 66.9 Å². The van der Waals surface area contributed by atoms with Crippen molar-refractivity contribution < 1.29 is 19.1 Å². The van der Waals surface area contributed by atoms with Gasteiger partial charge in [0.25, 0.3) is 5.91 Å². The van der Waals surface area contributed by atoms with Crippen LogP contribution < -0.4 is 0 Å². The van der Waals surface area contributed by atoms with Gasteiger partial charge in [-0.2, -0.15) is 0 Å². The van der Waals surface area contributed by atoms with Crippen LogP contribution >= 0.6 is 0 Å². The van der Waals surface area contributed by atoms with Crippen molar-refractivity contribution in [2.75, 3.05) is 26.2 Å². The quantitative estimate of drug-likeness (QED) is 0.615. The first-order valence-electron chi connectivity index (χ1n) is 4.80. The number of amides is 3. The van der Waals surface area contributed by atoms with Crippen LogP contribution in [0.2, 0.25) is 0 Å². The summed E-state index contributed by atoms with van der Waals surface area (Å²) in [5, 5.41) is 0. The minimum atomic E-state index is -0.568. The van der Waals surface area contributed by atoms with Crippen LogP contribution in [0.15, 0.2) is 0 Å². The Morgan fingerprint density at radius 3 is 2.60 bits per heavy atom. The highest BCUT2D eigenvalue weighted by Gasteiger charge is 2.37. The monoisotopic (exact) mass is 212 g/mol. The normalized spacial score (nSPS) is 21.7. The molecule has 0 bridgehead atoms. The van der Waals surface area contributed by atoms with Crippen molar-refractivity contribution in [2.45, 2.75) is 6.92 Å². The van der Waals surface area contributed by atoms with E-state index in [0.29, 0.717) is 19.6 Å². The summed E-state index contributed by atoms with van der Waals surface area (Å²) in [5.41, 5.74) is 0. The number of carbonyl (C=O) groups is 3. The standard InChI is InChI=1S/C9H12N2O4/c1-6(12)10-2-7(3-10)4-11-8(13)5-15-9(11)14/h7H,2-5H2,1H3. The van der Waals surface area contributed by atoms with Crippen molar-refractivity contribution in [3.63, 3.8) is 0 Å². The molecule has 82 valence electrons. The number of hydrogen-bond donors (Lipinski definition) is 0. The van der Waals surface area contributed by atoms with E-state index < -0.39 is 6.09 Å². The second-order valence-electron chi connectivity index (χ2n) is 3.85. The first kappa shape index (κ1) is 9.95. The van der Waals surface area contributed by atoms with E-state index in [0.717, 1.165) is 4.90 Å². The summed E-state index contributed by atoms with van der Waals surface area (Å²) in [4.78, 5) is 35.9. The van der Waals surface area contributed by atoms with Crippen LogP contribution in [0.3, 0.4) is 0 Å². The van der Waals surface area contributed by atoms with Crippen LogP contribution in [0.25, 0.3) is 0 Å². The molecule has 0 atom stereocenters. The van der Waals surface area contributed by atoms with Crippen LogP contribution in [0.4, 0.5) is 4.79 Å². The zero-order valence-corrected chi connectivity index (χ0v) is 8.43. The van der Waals surface area contributed by atoms with Gasteiger partial charge in [0.2, 0.25) is 5.91 Å². The number of carbonyl (C=O) groups excluding carboxylic acids is 3. The van der Waals surface area contributed by atoms with E-state index in [2.05, 4.69) is 4.74 Å². The molecule has 0 saturated carbocycles. The molecule has 2 aliphatic rings. The first-order chi connectivity index (χ1) is 7.08. The Hall–Kier alpha value is -1.59. The molecular formula is C9H12N2O4. The average Bonchev–Trinajstić information content (AvgIpc) is 2.39. The molecule has 0 spiro atoms. The molecule has 6 heteroatoms. The van der Waals surface area contributed by atoms with Gasteiger partial charge >= 0.3 is 6.09 Å². The Balaban J connectivity index is 1.82. The second kappa shape index (κ2) is 3.52. The van der Waals surface area contributed by atoms with Crippen molar-refractivity contribution in [3.8, 4) is 0 Å². The summed E-state index contributed by atoms with van der Waals surface area (Å²) in [6, 6.07) is 0. The van der Waals surface area contributed by atoms with Crippen LogP contribution in [0, 0.1) is 5.92 Å². The third-order valence-corrected chi connectivity index (χ3v) is 2.68. The lowest BCUT2D eigenvalue weighted by atomic mass is 10.00. The van der Waals surface area contributed by atoms with Gasteiger partial charge in [0.1, 0.15) is 0 Å². The van der Waals surface area contributed by atoms with Gasteiger partial charge in [-0.05, 0) is 0 Å². The van der Waals surface area contributed by atoms with Gasteiger partial charge in [-0.1, -0.05) is 0 Å². The molecule has 2 heterocycles. The van der Waals surface area contributed by atoms with Gasteiger partial charge < -0.3 is 9.64 Å². The smallest absolute Gasteiger partial charge is 0.417 e. The fourth-order valence-electron chi connectivity index (χ4n) is 1.76. The Bertz CT molecular complexity index is 306. The van der Waals surface area contributed by atoms with Gasteiger partial charge in [-0.15, -0.1) is 0 Å². The zero-order chi connectivity index (χ0) is 11.0. The molecule has 2 saturated heterocycles. The van der Waals surface area contributed by atoms with Crippen molar-refractivity contribution in [3.05, 3.63) is 0 Å². The van der Waals surface area contributed by atoms with Gasteiger partial charge in [0.15, 0.2) is 6.61 Å². The summed E-state index contributed by atoms with van der Waals surface area (Å²) >= 11 is 0. The molecule has 0 aromatic rings. The SMILES string of the molecule is CC(=O)N1CC(CN2C(=O)COC2=O)C1. The summed E-state index contributed by atoms with van der Waals surface area (Å²) in [5.74, 6) is -0.0636. The molecule has 0 aromatic heterocycles. The minimum absolute atomic E-state index is 0.0292. The minimum Gasteiger partial charge on any atom is -0.439 e. The Kier molecular flexibility index (Phi) is 2.34. The number of likely N-dealkylation sites (tertiary alicyclic amines) is 1. The fraction of sp³-hybridized carbons (Fsp3) is 0.667. The average molecular weight is 212 g/mol. The van der Waals surface area contributed by atoms with E-state index >= 15 is 0 Å². The summed E-state index contributed by atoms with van der Waals surface area (Å²) < 4.78 is 4.58. The fourth-order valence-corrected chi connectivity index (χ4v) is 1.76. The van der Waals surface area contributed by atoms with E-state index in [1.807, 2.05) is 0 Å². The maximum Gasteiger partial charge on any atom is 0.417 e. The maximum atomic E-state index is 11.2. The molecule has 0 aromatic carbocycles. The number of nitrogens with zero attached hydrogens (tertiary/aromatic N) is 2. The third-order valence-electron chi connectivity index (χ3n) is 2.68. The van der Waals surface area contributed by atoms with Crippen LogP contribution in [-0.4, -0.2) is 53.9 Å². The predicted molar refractivity (Wildman–Crippen MR) is 48.8 cm³/mol. The van der Waals surface area contributed by atoms with Crippen molar-refractivity contribution >= 4 is 17.9 Å². The highest BCUT2D eigenvalue weighted by atomic mass is 16.6. The van der Waals surface area contributed by atoms with Crippen molar-refractivity contribution in [1.82, 2.24) is 9.80 Å². The first-order valence-corrected chi connectivity index (χ1v) is 4.80. The number of rotatable bonds is 2. The number of ether oxygens (including phenoxy) is 1. The lowest BCUT2D eigenvalue weighted by Crippen LogP contribution is -2.53. The second-order valence-corrected chi connectivity index (χ2v) is 3.85. The van der Waals surface area contributed by atoms with Crippen molar-refractivity contribution in [1.29, 1.82) is 0 Å². The molecule has 0 radical (unpaired) electrons. The summed E-state index contributed by atoms with van der Waals surface area (Å²) in [7, 11) is 0. The zero-order valence-electron chi connectivity index (χ0n) is 8.43. The number of imide groups is 1. The van der Waals surface area contributed by atoms with E-state index in [4.69, 9.17) is 0 Å². The van der Waals surface area contributed by atoms with E-state index in [-0.39, 0.29) is 24.3 Å². The highest BCUT2D eigenvalue weighted by Crippen LogP contribution is 2.18. The van der Waals surface area contributed by atoms with Crippen LogP contribution in [0.5, 0.6) is 0 Å². The molecule has 2 fully saturated rings. The molecular weight excluding hydrogens is 200 g/mol. The molecule has 2 aliphatic heterocycles. The van der Waals surface area contributed by atoms with Gasteiger partial charge in [0, 0.05) is 32.5 Å². The van der Waals surface area contributed by atoms with E-state index in [1.54, 1.807) is 4.90 Å². The molecule has 0 N–H and O–H groups in total. The van der Waals surface area contributed by atoms with E-state index in [9.17, 15) is 14.4 Å². The Morgan fingerprint density at radius 2 is 2.13 bits per heavy atom. The van der Waals surface area contributed by atoms with Gasteiger partial charge in [-0.25, -0.2) is 9.69 Å². The Morgan fingerprint density at radius 1 is 1.47 bits per heavy atom. The van der Waals surface area contributed by atoms with E-state index in [1.165, 1.54) is 6.92 Å². The van der Waals surface area contributed by atoms with Gasteiger partial charge in [-0.3, -0.25) is 9.59 Å². The molecule has 6 nitrogen and oxygen atoms in total. The molecule has 0 unspecified atom stereocenters. The third kappa shape index (κ3) is 1.79. The summed E-state index contributed by atoms with van der Waals surface area (Å²) in [6.45, 7) is 2.95. The Labute approximate surface area is 86.8 Å². The highest BCUT2D eigenvalue weighted by molar-refractivity contribution is 5.97. The maximum absolute atomic E-state index is 11.2. The molecule has 15 heavy (non-hydrogen) atoms. The largest absolute Gasteiger partial charge is 0.439 e. The molecule has 3 amide bonds. The lowest BCUT2D eigenvalue weighted by Gasteiger charge is -2.39.